The zero-order valence-electron chi connectivity index (χ0n) is 17.0. The van der Waals surface area contributed by atoms with Gasteiger partial charge in [0.25, 0.3) is 0 Å². The van der Waals surface area contributed by atoms with E-state index >= 15 is 0 Å². The molecule has 0 saturated carbocycles. The zero-order chi connectivity index (χ0) is 20.9. The van der Waals surface area contributed by atoms with Gasteiger partial charge in [0.2, 0.25) is 5.91 Å². The summed E-state index contributed by atoms with van der Waals surface area (Å²) in [5, 5.41) is 0. The fourth-order valence-corrected chi connectivity index (χ4v) is 5.36. The molecular weight excluding hydrogens is 486 g/mol. The lowest BCUT2D eigenvalue weighted by molar-refractivity contribution is -0.117. The number of pyridine rings is 1. The largest absolute Gasteiger partial charge is 0.463 e. The number of amides is 1. The van der Waals surface area contributed by atoms with Crippen molar-refractivity contribution in [3.63, 3.8) is 0 Å². The van der Waals surface area contributed by atoms with Gasteiger partial charge in [-0.05, 0) is 75.7 Å². The van der Waals surface area contributed by atoms with Crippen LogP contribution < -0.4 is 4.90 Å². The lowest BCUT2D eigenvalue weighted by Gasteiger charge is -2.41. The van der Waals surface area contributed by atoms with Crippen molar-refractivity contribution < 1.29 is 9.21 Å². The van der Waals surface area contributed by atoms with Gasteiger partial charge in [0.1, 0.15) is 5.69 Å². The van der Waals surface area contributed by atoms with E-state index in [4.69, 9.17) is 9.40 Å². The van der Waals surface area contributed by atoms with Crippen LogP contribution in [0.25, 0.3) is 17.1 Å². The van der Waals surface area contributed by atoms with Gasteiger partial charge in [-0.1, -0.05) is 20.8 Å². The molecule has 5 nitrogen and oxygen atoms in total. The summed E-state index contributed by atoms with van der Waals surface area (Å²) < 4.78 is 9.32. The molecule has 0 aliphatic rings. The third-order valence-electron chi connectivity index (χ3n) is 4.47. The molecule has 0 atom stereocenters. The van der Waals surface area contributed by atoms with Crippen molar-refractivity contribution in [1.82, 2.24) is 9.38 Å². The molecule has 7 heteroatoms. The SMILES string of the molecule is CC(=O)N(c1c(-c2ccco2)nc2c(Br)cc(Br)cn12)C(C)(C)CC(C)(C)C. The molecule has 1 amide bonds. The van der Waals surface area contributed by atoms with Crippen LogP contribution in [0.1, 0.15) is 48.0 Å². The van der Waals surface area contributed by atoms with Crippen LogP contribution in [0.5, 0.6) is 0 Å². The minimum Gasteiger partial charge on any atom is -0.463 e. The molecule has 0 spiro atoms. The van der Waals surface area contributed by atoms with Crippen molar-refractivity contribution in [3.05, 3.63) is 39.6 Å². The molecule has 0 unspecified atom stereocenters. The molecule has 0 aliphatic carbocycles. The van der Waals surface area contributed by atoms with Gasteiger partial charge in [-0.3, -0.25) is 14.1 Å². The first-order valence-corrected chi connectivity index (χ1v) is 10.7. The molecule has 0 N–H and O–H groups in total. The Morgan fingerprint density at radius 2 is 1.93 bits per heavy atom. The second-order valence-electron chi connectivity index (χ2n) is 8.87. The van der Waals surface area contributed by atoms with Gasteiger partial charge < -0.3 is 4.42 Å². The summed E-state index contributed by atoms with van der Waals surface area (Å²) in [5.41, 5.74) is 0.975. The van der Waals surface area contributed by atoms with Crippen molar-refractivity contribution in [2.24, 2.45) is 5.41 Å². The van der Waals surface area contributed by atoms with Gasteiger partial charge in [-0.15, -0.1) is 0 Å². The zero-order valence-corrected chi connectivity index (χ0v) is 20.2. The van der Waals surface area contributed by atoms with Crippen molar-refractivity contribution in [2.75, 3.05) is 4.90 Å². The quantitative estimate of drug-likeness (QED) is 0.393. The predicted octanol–water partition coefficient (Wildman–Crippen LogP) is 6.69. The number of rotatable bonds is 4. The summed E-state index contributed by atoms with van der Waals surface area (Å²) >= 11 is 7.15. The average molecular weight is 511 g/mol. The Bertz CT molecular complexity index is 1010. The normalized spacial score (nSPS) is 12.6. The molecule has 0 radical (unpaired) electrons. The highest BCUT2D eigenvalue weighted by molar-refractivity contribution is 9.11. The Kier molecular flexibility index (Phi) is 5.53. The molecule has 3 aromatic rings. The number of fused-ring (bicyclic) bond motifs is 1. The van der Waals surface area contributed by atoms with E-state index in [9.17, 15) is 4.79 Å². The highest BCUT2D eigenvalue weighted by atomic mass is 79.9. The average Bonchev–Trinajstić information content (AvgIpc) is 3.12. The molecule has 150 valence electrons. The number of carbonyl (C=O) groups is 1. The molecular formula is C21H25Br2N3O2. The smallest absolute Gasteiger partial charge is 0.225 e. The number of hydrogen-bond donors (Lipinski definition) is 0. The summed E-state index contributed by atoms with van der Waals surface area (Å²) in [5.74, 6) is 1.29. The first-order valence-electron chi connectivity index (χ1n) is 9.12. The van der Waals surface area contributed by atoms with E-state index < -0.39 is 5.54 Å². The van der Waals surface area contributed by atoms with Gasteiger partial charge in [0.15, 0.2) is 17.2 Å². The van der Waals surface area contributed by atoms with E-state index in [0.717, 1.165) is 21.0 Å². The van der Waals surface area contributed by atoms with E-state index in [0.29, 0.717) is 17.3 Å². The fourth-order valence-electron chi connectivity index (χ4n) is 4.09. The van der Waals surface area contributed by atoms with Crippen molar-refractivity contribution in [3.8, 4) is 11.5 Å². The van der Waals surface area contributed by atoms with Gasteiger partial charge >= 0.3 is 0 Å². The molecule has 0 saturated heterocycles. The number of hydrogen-bond acceptors (Lipinski definition) is 3. The van der Waals surface area contributed by atoms with E-state index in [1.54, 1.807) is 13.2 Å². The van der Waals surface area contributed by atoms with Crippen molar-refractivity contribution >= 4 is 49.2 Å². The highest BCUT2D eigenvalue weighted by Crippen LogP contribution is 2.41. The van der Waals surface area contributed by atoms with Crippen LogP contribution in [0.4, 0.5) is 5.82 Å². The highest BCUT2D eigenvalue weighted by Gasteiger charge is 2.38. The second-order valence-corrected chi connectivity index (χ2v) is 10.6. The summed E-state index contributed by atoms with van der Waals surface area (Å²) in [4.78, 5) is 19.6. The van der Waals surface area contributed by atoms with Gasteiger partial charge in [-0.2, -0.15) is 0 Å². The Labute approximate surface area is 182 Å². The summed E-state index contributed by atoms with van der Waals surface area (Å²) in [6.07, 6.45) is 4.37. The van der Waals surface area contributed by atoms with E-state index in [-0.39, 0.29) is 11.3 Å². The first-order chi connectivity index (χ1) is 12.9. The van der Waals surface area contributed by atoms with Crippen LogP contribution in [-0.2, 0) is 4.79 Å². The standard InChI is InChI=1S/C21H25Br2N3O2/c1-13(27)26(21(5,6)12-20(2,3)4)19-17(16-8-7-9-28-16)24-18-15(23)10-14(22)11-25(18)19/h7-11H,12H2,1-6H3. The predicted molar refractivity (Wildman–Crippen MR) is 120 cm³/mol. The fraction of sp³-hybridized carbons (Fsp3) is 0.429. The lowest BCUT2D eigenvalue weighted by atomic mass is 9.80. The monoisotopic (exact) mass is 509 g/mol. The molecule has 0 bridgehead atoms. The molecule has 3 heterocycles. The van der Waals surface area contributed by atoms with Crippen LogP contribution in [0.2, 0.25) is 0 Å². The van der Waals surface area contributed by atoms with E-state index in [2.05, 4.69) is 66.5 Å². The molecule has 3 aromatic heterocycles. The number of carbonyl (C=O) groups excluding carboxylic acids is 1. The summed E-state index contributed by atoms with van der Waals surface area (Å²) in [7, 11) is 0. The third-order valence-corrected chi connectivity index (χ3v) is 5.48. The maximum absolute atomic E-state index is 12.9. The van der Waals surface area contributed by atoms with E-state index in [1.807, 2.05) is 33.7 Å². The third kappa shape index (κ3) is 4.06. The first kappa shape index (κ1) is 21.1. The van der Waals surface area contributed by atoms with Crippen LogP contribution in [-0.4, -0.2) is 20.8 Å². The van der Waals surface area contributed by atoms with Crippen LogP contribution in [0.15, 0.2) is 44.0 Å². The lowest BCUT2D eigenvalue weighted by Crippen LogP contribution is -2.50. The molecule has 28 heavy (non-hydrogen) atoms. The second kappa shape index (κ2) is 7.34. The van der Waals surface area contributed by atoms with E-state index in [1.165, 1.54) is 0 Å². The maximum Gasteiger partial charge on any atom is 0.225 e. The number of imidazole rings is 1. The number of halogens is 2. The van der Waals surface area contributed by atoms with Gasteiger partial charge in [-0.25, -0.2) is 4.98 Å². The number of aromatic nitrogens is 2. The summed E-state index contributed by atoms with van der Waals surface area (Å²) in [6.45, 7) is 12.3. The Hall–Kier alpha value is -1.60. The van der Waals surface area contributed by atoms with Gasteiger partial charge in [0.05, 0.1) is 10.7 Å². The number of nitrogens with zero attached hydrogens (tertiary/aromatic N) is 3. The minimum atomic E-state index is -0.434. The van der Waals surface area contributed by atoms with Crippen LogP contribution in [0.3, 0.4) is 0 Å². The summed E-state index contributed by atoms with van der Waals surface area (Å²) in [6, 6.07) is 5.63. The molecule has 0 fully saturated rings. The van der Waals surface area contributed by atoms with Crippen molar-refractivity contribution in [2.45, 2.75) is 53.5 Å². The van der Waals surface area contributed by atoms with Crippen molar-refractivity contribution in [1.29, 1.82) is 0 Å². The molecule has 0 aromatic carbocycles. The molecule has 3 rings (SSSR count). The topological polar surface area (TPSA) is 50.8 Å². The number of furan rings is 1. The number of anilines is 1. The Balaban J connectivity index is 2.35. The Morgan fingerprint density at radius 3 is 2.46 bits per heavy atom. The maximum atomic E-state index is 12.9. The minimum absolute atomic E-state index is 0.0417. The Morgan fingerprint density at radius 1 is 1.25 bits per heavy atom. The van der Waals surface area contributed by atoms with Crippen LogP contribution in [0, 0.1) is 5.41 Å². The van der Waals surface area contributed by atoms with Gasteiger partial charge in [0, 0.05) is 23.1 Å². The van der Waals surface area contributed by atoms with Crippen LogP contribution >= 0.6 is 31.9 Å². The molecule has 0 aliphatic heterocycles.